The molecule has 3 aromatic rings. The lowest BCUT2D eigenvalue weighted by Gasteiger charge is -2.58. The molecule has 4 fully saturated rings. The first-order valence-electron chi connectivity index (χ1n) is 10.0. The fraction of sp³-hybridized carbons (Fsp3) is 0.550. The van der Waals surface area contributed by atoms with E-state index in [0.29, 0.717) is 29.7 Å². The monoisotopic (exact) mass is 381 g/mol. The van der Waals surface area contributed by atoms with Gasteiger partial charge in [0.25, 0.3) is 5.89 Å². The third-order valence-electron chi connectivity index (χ3n) is 6.97. The molecule has 3 aromatic heterocycles. The van der Waals surface area contributed by atoms with E-state index in [9.17, 15) is 10.2 Å². The van der Waals surface area contributed by atoms with Gasteiger partial charge in [-0.15, -0.1) is 10.2 Å². The summed E-state index contributed by atoms with van der Waals surface area (Å²) >= 11 is 0. The van der Waals surface area contributed by atoms with Gasteiger partial charge in [0.1, 0.15) is 12.3 Å². The van der Waals surface area contributed by atoms with Crippen molar-refractivity contribution in [2.24, 2.45) is 17.8 Å². The van der Waals surface area contributed by atoms with Gasteiger partial charge in [-0.2, -0.15) is 0 Å². The normalized spacial score (nSPS) is 33.6. The molecule has 0 amide bonds. The van der Waals surface area contributed by atoms with Crippen LogP contribution in [0.2, 0.25) is 0 Å². The number of rotatable bonds is 4. The van der Waals surface area contributed by atoms with Crippen LogP contribution in [-0.2, 0) is 6.61 Å². The molecule has 4 saturated carbocycles. The summed E-state index contributed by atoms with van der Waals surface area (Å²) in [5.41, 5.74) is 2.02. The highest BCUT2D eigenvalue weighted by Crippen LogP contribution is 2.56. The first-order valence-corrected chi connectivity index (χ1v) is 10.0. The average molecular weight is 381 g/mol. The smallest absolute Gasteiger partial charge is 0.251 e. The summed E-state index contributed by atoms with van der Waals surface area (Å²) < 4.78 is 5.61. The molecule has 7 rings (SSSR count). The van der Waals surface area contributed by atoms with Gasteiger partial charge in [-0.05, 0) is 55.9 Å². The van der Waals surface area contributed by atoms with Gasteiger partial charge in [0.2, 0.25) is 5.89 Å². The van der Waals surface area contributed by atoms with Crippen LogP contribution in [-0.4, -0.2) is 42.0 Å². The number of hydrogen-bond donors (Lipinski definition) is 4. The Balaban J connectivity index is 1.42. The fourth-order valence-electron chi connectivity index (χ4n) is 6.14. The summed E-state index contributed by atoms with van der Waals surface area (Å²) in [5.74, 6) is 2.15. The van der Waals surface area contributed by atoms with Crippen molar-refractivity contribution < 1.29 is 14.6 Å². The Kier molecular flexibility index (Phi) is 3.40. The fourth-order valence-corrected chi connectivity index (χ4v) is 6.14. The number of fused-ring (bicyclic) bond motifs is 1. The summed E-state index contributed by atoms with van der Waals surface area (Å²) in [7, 11) is 0. The Bertz CT molecular complexity index is 1030. The van der Waals surface area contributed by atoms with Crippen LogP contribution in [0.25, 0.3) is 22.5 Å². The number of nitrogens with zero attached hydrogens (tertiary/aromatic N) is 3. The first-order chi connectivity index (χ1) is 13.6. The maximum Gasteiger partial charge on any atom is 0.251 e. The van der Waals surface area contributed by atoms with E-state index in [-0.39, 0.29) is 12.5 Å². The van der Waals surface area contributed by atoms with Gasteiger partial charge in [-0.25, -0.2) is 4.98 Å². The minimum Gasteiger partial charge on any atom is -0.418 e. The molecule has 1 unspecified atom stereocenters. The second-order valence-corrected chi connectivity index (χ2v) is 8.81. The zero-order chi connectivity index (χ0) is 18.9. The molecule has 0 aromatic carbocycles. The van der Waals surface area contributed by atoms with E-state index in [4.69, 9.17) is 4.42 Å². The maximum atomic E-state index is 10.9. The third kappa shape index (κ3) is 2.41. The molecular weight excluding hydrogens is 358 g/mol. The number of anilines is 1. The minimum atomic E-state index is -0.457. The lowest BCUT2D eigenvalue weighted by atomic mass is 9.52. The molecule has 0 saturated heterocycles. The van der Waals surface area contributed by atoms with Crippen molar-refractivity contribution in [3.05, 3.63) is 24.4 Å². The van der Waals surface area contributed by atoms with Crippen molar-refractivity contribution in [3.8, 4) is 11.5 Å². The van der Waals surface area contributed by atoms with E-state index in [1.807, 2.05) is 12.3 Å². The van der Waals surface area contributed by atoms with Crippen molar-refractivity contribution in [1.82, 2.24) is 20.2 Å². The highest BCUT2D eigenvalue weighted by molar-refractivity contribution is 5.97. The standard InChI is InChI=1S/C20H23N5O3/c26-9-15-24-25-19(28-15)14-8-22-18-13(1-2-21-18)17(14)23-16-11-3-10-4-12(16)7-20(27,5-10)6-11/h1-2,8,10-12,16,26-27H,3-7,9H2,(H2,21,22,23)/t10?,11-,12+,16+,20-. The van der Waals surface area contributed by atoms with E-state index < -0.39 is 5.60 Å². The Morgan fingerprint density at radius 1 is 1.21 bits per heavy atom. The highest BCUT2D eigenvalue weighted by Gasteiger charge is 2.54. The number of nitrogens with one attached hydrogen (secondary N) is 2. The summed E-state index contributed by atoms with van der Waals surface area (Å²) in [6.45, 7) is -0.289. The van der Waals surface area contributed by atoms with Gasteiger partial charge >= 0.3 is 0 Å². The lowest BCUT2D eigenvalue weighted by Crippen LogP contribution is -2.59. The van der Waals surface area contributed by atoms with Crippen molar-refractivity contribution >= 4 is 16.7 Å². The third-order valence-corrected chi connectivity index (χ3v) is 6.97. The zero-order valence-electron chi connectivity index (χ0n) is 15.4. The number of hydrogen-bond acceptors (Lipinski definition) is 7. The van der Waals surface area contributed by atoms with Crippen LogP contribution in [0.15, 0.2) is 22.9 Å². The summed E-state index contributed by atoms with van der Waals surface area (Å²) in [6.07, 6.45) is 8.71. The van der Waals surface area contributed by atoms with E-state index in [0.717, 1.165) is 41.5 Å². The van der Waals surface area contributed by atoms with Gasteiger partial charge in [-0.3, -0.25) is 0 Å². The molecule has 0 aliphatic heterocycles. The molecule has 4 aliphatic rings. The minimum absolute atomic E-state index is 0.187. The van der Waals surface area contributed by atoms with Crippen molar-refractivity contribution in [1.29, 1.82) is 0 Å². The molecule has 146 valence electrons. The lowest BCUT2D eigenvalue weighted by molar-refractivity contribution is -0.129. The Hall–Kier alpha value is -2.45. The largest absolute Gasteiger partial charge is 0.418 e. The maximum absolute atomic E-state index is 10.9. The topological polar surface area (TPSA) is 120 Å². The van der Waals surface area contributed by atoms with E-state index in [1.54, 1.807) is 6.20 Å². The SMILES string of the molecule is OCc1nnc(-c2cnc3[nH]ccc3c2N[C@H]2[C@@H]3CC4C[C@H]2C[C@@](O)(C4)C3)o1. The quantitative estimate of drug-likeness (QED) is 0.548. The van der Waals surface area contributed by atoms with E-state index >= 15 is 0 Å². The molecule has 0 radical (unpaired) electrons. The number of aromatic nitrogens is 4. The summed E-state index contributed by atoms with van der Waals surface area (Å²) in [4.78, 5) is 7.65. The predicted molar refractivity (Wildman–Crippen MR) is 101 cm³/mol. The van der Waals surface area contributed by atoms with Crippen LogP contribution < -0.4 is 5.32 Å². The Morgan fingerprint density at radius 2 is 2.04 bits per heavy atom. The highest BCUT2D eigenvalue weighted by atomic mass is 16.4. The molecule has 4 N–H and O–H groups in total. The number of aliphatic hydroxyl groups is 2. The summed E-state index contributed by atoms with van der Waals surface area (Å²) in [5, 5.41) is 32.9. The van der Waals surface area contributed by atoms with Crippen LogP contribution >= 0.6 is 0 Å². The van der Waals surface area contributed by atoms with Crippen LogP contribution in [0.4, 0.5) is 5.69 Å². The van der Waals surface area contributed by atoms with Crippen molar-refractivity contribution in [3.63, 3.8) is 0 Å². The average Bonchev–Trinajstić information content (AvgIpc) is 3.32. The van der Waals surface area contributed by atoms with E-state index in [2.05, 4.69) is 25.5 Å². The number of aromatic amines is 1. The van der Waals surface area contributed by atoms with Gasteiger partial charge in [0.05, 0.1) is 16.9 Å². The second-order valence-electron chi connectivity index (χ2n) is 8.81. The van der Waals surface area contributed by atoms with Gasteiger partial charge < -0.3 is 24.9 Å². The molecule has 3 heterocycles. The van der Waals surface area contributed by atoms with Gasteiger partial charge in [0, 0.05) is 23.8 Å². The first kappa shape index (κ1) is 16.5. The van der Waals surface area contributed by atoms with Crippen LogP contribution in [0, 0.1) is 17.8 Å². The summed E-state index contributed by atoms with van der Waals surface area (Å²) in [6, 6.07) is 2.32. The number of pyridine rings is 1. The molecular formula is C20H23N5O3. The molecule has 8 nitrogen and oxygen atoms in total. The molecule has 4 aliphatic carbocycles. The molecule has 4 bridgehead atoms. The predicted octanol–water partition coefficient (Wildman–Crippen LogP) is 2.46. The van der Waals surface area contributed by atoms with Crippen LogP contribution in [0.1, 0.15) is 38.0 Å². The van der Waals surface area contributed by atoms with Crippen molar-refractivity contribution in [2.45, 2.75) is 50.4 Å². The number of aliphatic hydroxyl groups excluding tert-OH is 1. The van der Waals surface area contributed by atoms with Gasteiger partial charge in [0.15, 0.2) is 0 Å². The van der Waals surface area contributed by atoms with E-state index in [1.165, 1.54) is 12.8 Å². The van der Waals surface area contributed by atoms with Crippen LogP contribution in [0.3, 0.4) is 0 Å². The molecule has 8 heteroatoms. The molecule has 0 spiro atoms. The van der Waals surface area contributed by atoms with Crippen molar-refractivity contribution in [2.75, 3.05) is 5.32 Å². The Morgan fingerprint density at radius 3 is 2.75 bits per heavy atom. The zero-order valence-corrected chi connectivity index (χ0v) is 15.4. The second kappa shape index (κ2) is 5.78. The molecule has 28 heavy (non-hydrogen) atoms. The van der Waals surface area contributed by atoms with Gasteiger partial charge in [-0.1, -0.05) is 0 Å². The van der Waals surface area contributed by atoms with Crippen LogP contribution in [0.5, 0.6) is 0 Å². The molecule has 5 atom stereocenters. The Labute approximate surface area is 161 Å². The number of H-pyrrole nitrogens is 1.